The second-order valence-corrected chi connectivity index (χ2v) is 6.35. The molecule has 30 heavy (non-hydrogen) atoms. The number of rotatable bonds is 5. The first kappa shape index (κ1) is 26.8. The summed E-state index contributed by atoms with van der Waals surface area (Å²) in [7, 11) is 0. The smallest absolute Gasteiger partial charge is 0.849 e. The van der Waals surface area contributed by atoms with Gasteiger partial charge in [0, 0.05) is 0 Å². The molecule has 2 saturated carbocycles. The summed E-state index contributed by atoms with van der Waals surface area (Å²) >= 11 is 0. The molecule has 0 unspecified atom stereocenters. The van der Waals surface area contributed by atoms with Crippen LogP contribution in [0.25, 0.3) is 11.0 Å². The predicted octanol–water partition coefficient (Wildman–Crippen LogP) is 6.77. The number of nitrogens with zero attached hydrogens (tertiary/aromatic N) is 1. The van der Waals surface area contributed by atoms with Crippen molar-refractivity contribution in [1.82, 2.24) is 0 Å². The van der Waals surface area contributed by atoms with Crippen LogP contribution in [0.2, 0.25) is 0 Å². The fourth-order valence-corrected chi connectivity index (χ4v) is 2.58. The number of benzene rings is 2. The van der Waals surface area contributed by atoms with Crippen molar-refractivity contribution in [2.24, 2.45) is 0 Å². The van der Waals surface area contributed by atoms with Crippen LogP contribution in [0, 0.1) is 70.3 Å². The van der Waals surface area contributed by atoms with Crippen LogP contribution in [0.3, 0.4) is 0 Å². The minimum Gasteiger partial charge on any atom is -0.849 e. The first-order valence-corrected chi connectivity index (χ1v) is 9.94. The Labute approximate surface area is 204 Å². The standard InChI is InChI=1S/C18H17N.2C5H5.Zr/c1-2-9-18(19)17(16-12-7-4-8-13-16)14-15-10-5-3-6-11-15;2*1-2-4-5-3-1;/h3-8,10-13H,2,9H2,1H3;2*1-5H;/q-2;;;+2. The van der Waals surface area contributed by atoms with E-state index in [0.717, 1.165) is 23.1 Å². The summed E-state index contributed by atoms with van der Waals surface area (Å²) in [5.41, 5.74) is 3.16. The quantitative estimate of drug-likeness (QED) is 0.262. The molecule has 0 aliphatic heterocycles. The van der Waals surface area contributed by atoms with E-state index in [1.165, 1.54) is 0 Å². The van der Waals surface area contributed by atoms with E-state index in [1.54, 1.807) is 0 Å². The van der Waals surface area contributed by atoms with E-state index in [2.05, 4.69) is 13.0 Å². The maximum Gasteiger partial charge on any atom is 2.00 e. The molecular formula is C28H27NZr. The van der Waals surface area contributed by atoms with E-state index in [9.17, 15) is 5.41 Å². The van der Waals surface area contributed by atoms with E-state index >= 15 is 0 Å². The van der Waals surface area contributed by atoms with Crippen molar-refractivity contribution < 1.29 is 26.2 Å². The first-order chi connectivity index (χ1) is 14.3. The Balaban J connectivity index is 0.000000333. The Kier molecular flexibility index (Phi) is 15.5. The van der Waals surface area contributed by atoms with Crippen LogP contribution < -0.4 is 0 Å². The summed E-state index contributed by atoms with van der Waals surface area (Å²) in [6, 6.07) is 19.8. The molecule has 0 atom stereocenters. The van der Waals surface area contributed by atoms with Gasteiger partial charge in [-0.25, -0.2) is 5.71 Å². The third kappa shape index (κ3) is 11.2. The summed E-state index contributed by atoms with van der Waals surface area (Å²) in [6.45, 7) is 2.06. The van der Waals surface area contributed by atoms with Crippen LogP contribution >= 0.6 is 0 Å². The first-order valence-electron chi connectivity index (χ1n) is 9.94. The van der Waals surface area contributed by atoms with E-state index < -0.39 is 0 Å². The van der Waals surface area contributed by atoms with Gasteiger partial charge in [-0.3, -0.25) is 0 Å². The molecule has 0 N–H and O–H groups in total. The zero-order valence-electron chi connectivity index (χ0n) is 17.4. The van der Waals surface area contributed by atoms with E-state index in [1.807, 2.05) is 125 Å². The van der Waals surface area contributed by atoms with Gasteiger partial charge < -0.3 is 5.41 Å². The van der Waals surface area contributed by atoms with Crippen molar-refractivity contribution >= 4 is 11.3 Å². The number of hydrogen-bond acceptors (Lipinski definition) is 0. The van der Waals surface area contributed by atoms with Gasteiger partial charge in [0.2, 0.25) is 0 Å². The van der Waals surface area contributed by atoms with Gasteiger partial charge in [0.05, 0.1) is 0 Å². The van der Waals surface area contributed by atoms with Crippen molar-refractivity contribution in [2.75, 3.05) is 0 Å². The Morgan fingerprint density at radius 2 is 1.07 bits per heavy atom. The molecule has 2 heteroatoms. The van der Waals surface area contributed by atoms with Gasteiger partial charge in [0.15, 0.2) is 0 Å². The molecule has 2 fully saturated rings. The van der Waals surface area contributed by atoms with Crippen molar-refractivity contribution in [3.8, 4) is 0 Å². The Morgan fingerprint density at radius 3 is 1.47 bits per heavy atom. The topological polar surface area (TPSA) is 22.3 Å². The van der Waals surface area contributed by atoms with Crippen LogP contribution in [-0.2, 0) is 26.2 Å². The van der Waals surface area contributed by atoms with Gasteiger partial charge in [-0.05, 0) is 64.2 Å². The third-order valence-corrected chi connectivity index (χ3v) is 3.99. The van der Waals surface area contributed by atoms with Crippen LogP contribution in [-0.4, -0.2) is 5.71 Å². The van der Waals surface area contributed by atoms with Gasteiger partial charge in [0.25, 0.3) is 0 Å². The predicted molar refractivity (Wildman–Crippen MR) is 125 cm³/mol. The summed E-state index contributed by atoms with van der Waals surface area (Å²) < 4.78 is 0. The van der Waals surface area contributed by atoms with Gasteiger partial charge in [-0.2, -0.15) is 0 Å². The fourth-order valence-electron chi connectivity index (χ4n) is 2.58. The molecule has 0 saturated heterocycles. The van der Waals surface area contributed by atoms with E-state index in [0.29, 0.717) is 12.1 Å². The largest absolute Gasteiger partial charge is 2.00 e. The Bertz CT molecular complexity index is 673. The van der Waals surface area contributed by atoms with E-state index in [4.69, 9.17) is 0 Å². The maximum absolute atomic E-state index is 10.2. The molecule has 2 aromatic carbocycles. The molecule has 148 valence electrons. The summed E-state index contributed by atoms with van der Waals surface area (Å²) in [6.07, 6.45) is 24.9. The summed E-state index contributed by atoms with van der Waals surface area (Å²) in [5, 5.41) is 10.2. The minimum atomic E-state index is 0. The van der Waals surface area contributed by atoms with Crippen LogP contribution in [0.1, 0.15) is 30.9 Å². The number of hydrogen-bond donors (Lipinski definition) is 0. The van der Waals surface area contributed by atoms with Crippen LogP contribution in [0.15, 0.2) is 60.7 Å². The number of allylic oxidation sites excluding steroid dienone is 1. The SMILES string of the molecule is CCCC(=[N-])C(=[C-]c1ccccc1)c1ccccc1.[CH]1[CH][CH][CH][CH]1.[CH]1[CH][CH][CH][CH]1.[Zr+2]. The molecule has 0 amide bonds. The minimum absolute atomic E-state index is 0. The zero-order valence-corrected chi connectivity index (χ0v) is 19.9. The van der Waals surface area contributed by atoms with Crippen molar-refractivity contribution in [3.05, 3.63) is 147 Å². The zero-order chi connectivity index (χ0) is 20.6. The average molecular weight is 469 g/mol. The monoisotopic (exact) mass is 467 g/mol. The second-order valence-electron chi connectivity index (χ2n) is 6.35. The van der Waals surface area contributed by atoms with E-state index in [-0.39, 0.29) is 26.2 Å². The Morgan fingerprint density at radius 1 is 0.667 bits per heavy atom. The molecule has 0 heterocycles. The molecule has 0 aromatic heterocycles. The second kappa shape index (κ2) is 17.4. The van der Waals surface area contributed by atoms with Crippen LogP contribution in [0.4, 0.5) is 0 Å². The fraction of sp³-hybridized carbons (Fsp3) is 0.107. The molecular weight excluding hydrogens is 442 g/mol. The molecule has 4 rings (SSSR count). The molecule has 0 bridgehead atoms. The molecule has 2 aromatic rings. The van der Waals surface area contributed by atoms with Crippen LogP contribution in [0.5, 0.6) is 0 Å². The van der Waals surface area contributed by atoms with Gasteiger partial charge in [-0.1, -0.05) is 73.9 Å². The van der Waals surface area contributed by atoms with Crippen molar-refractivity contribution in [3.63, 3.8) is 0 Å². The molecule has 0 spiro atoms. The summed E-state index contributed by atoms with van der Waals surface area (Å²) in [5.74, 6) is 0. The molecule has 2 aliphatic rings. The van der Waals surface area contributed by atoms with Crippen molar-refractivity contribution in [2.45, 2.75) is 19.8 Å². The average Bonchev–Trinajstić information content (AvgIpc) is 3.53. The van der Waals surface area contributed by atoms with Gasteiger partial charge in [-0.15, -0.1) is 29.3 Å². The molecule has 2 aliphatic carbocycles. The Hall–Kier alpha value is -1.27. The third-order valence-electron chi connectivity index (χ3n) is 3.99. The van der Waals surface area contributed by atoms with Crippen molar-refractivity contribution in [1.29, 1.82) is 0 Å². The van der Waals surface area contributed by atoms with Gasteiger partial charge in [0.1, 0.15) is 0 Å². The van der Waals surface area contributed by atoms with Gasteiger partial charge >= 0.3 is 26.2 Å². The normalized spacial score (nSPS) is 15.2. The maximum atomic E-state index is 10.2. The summed E-state index contributed by atoms with van der Waals surface area (Å²) in [4.78, 5) is 0. The molecule has 10 radical (unpaired) electrons. The molecule has 1 nitrogen and oxygen atoms in total.